The fraction of sp³-hybridized carbons (Fsp3) is 0.522. The number of amides is 2. The van der Waals surface area contributed by atoms with Crippen LogP contribution in [0.2, 0.25) is 0 Å². The summed E-state index contributed by atoms with van der Waals surface area (Å²) in [5, 5.41) is 8.31. The Bertz CT molecular complexity index is 767. The molecule has 2 amide bonds. The number of carbonyl (C=O) groups excluding carboxylic acids is 1. The Balaban J connectivity index is 1.29. The van der Waals surface area contributed by atoms with E-state index in [2.05, 4.69) is 62.2 Å². The monoisotopic (exact) mass is 412 g/mol. The number of nitrogens with one attached hydrogen (secondary N) is 2. The van der Waals surface area contributed by atoms with Crippen LogP contribution in [-0.2, 0) is 13.1 Å². The molecule has 156 valence electrons. The maximum absolute atomic E-state index is 12.5. The molecule has 0 saturated carbocycles. The van der Waals surface area contributed by atoms with Crippen molar-refractivity contribution in [1.29, 1.82) is 0 Å². The minimum Gasteiger partial charge on any atom is -0.336 e. The second-order valence-corrected chi connectivity index (χ2v) is 9.07. The number of thiophene rings is 1. The van der Waals surface area contributed by atoms with Crippen molar-refractivity contribution in [2.24, 2.45) is 0 Å². The molecule has 2 aromatic rings. The maximum atomic E-state index is 12.5. The molecule has 1 unspecified atom stereocenters. The van der Waals surface area contributed by atoms with Crippen LogP contribution in [0.1, 0.15) is 47.7 Å². The second-order valence-electron chi connectivity index (χ2n) is 8.09. The summed E-state index contributed by atoms with van der Waals surface area (Å²) in [7, 11) is 0. The van der Waals surface area contributed by atoms with E-state index in [1.807, 2.05) is 0 Å². The average Bonchev–Trinajstić information content (AvgIpc) is 3.51. The van der Waals surface area contributed by atoms with Crippen molar-refractivity contribution in [3.63, 3.8) is 0 Å². The van der Waals surface area contributed by atoms with Gasteiger partial charge in [0.25, 0.3) is 0 Å². The molecule has 2 aliphatic heterocycles. The van der Waals surface area contributed by atoms with Gasteiger partial charge < -0.3 is 10.6 Å². The van der Waals surface area contributed by atoms with Gasteiger partial charge in [-0.2, -0.15) is 0 Å². The summed E-state index contributed by atoms with van der Waals surface area (Å²) in [6.07, 6.45) is 5.10. The number of hydrogen-bond donors (Lipinski definition) is 2. The summed E-state index contributed by atoms with van der Waals surface area (Å²) in [6.45, 7) is 6.82. The molecule has 0 spiro atoms. The van der Waals surface area contributed by atoms with Crippen LogP contribution < -0.4 is 10.6 Å². The van der Waals surface area contributed by atoms with Gasteiger partial charge in [0.15, 0.2) is 0 Å². The first-order valence-electron chi connectivity index (χ1n) is 10.9. The summed E-state index contributed by atoms with van der Waals surface area (Å²) in [6, 6.07) is 13.0. The summed E-state index contributed by atoms with van der Waals surface area (Å²) >= 11 is 1.78. The molecule has 2 N–H and O–H groups in total. The van der Waals surface area contributed by atoms with Crippen molar-refractivity contribution < 1.29 is 4.79 Å². The molecule has 1 aromatic heterocycles. The molecule has 0 radical (unpaired) electrons. The number of carbonyl (C=O) groups is 1. The normalized spacial score (nSPS) is 18.8. The minimum absolute atomic E-state index is 0.0817. The van der Waals surface area contributed by atoms with Crippen LogP contribution in [0.15, 0.2) is 41.8 Å². The molecule has 1 atom stereocenters. The van der Waals surface area contributed by atoms with Crippen molar-refractivity contribution in [2.75, 3.05) is 32.7 Å². The maximum Gasteiger partial charge on any atom is 0.315 e. The predicted octanol–water partition coefficient (Wildman–Crippen LogP) is 3.98. The fourth-order valence-corrected chi connectivity index (χ4v) is 5.30. The van der Waals surface area contributed by atoms with Crippen molar-refractivity contribution in [2.45, 2.75) is 44.8 Å². The smallest absolute Gasteiger partial charge is 0.315 e. The van der Waals surface area contributed by atoms with E-state index in [1.54, 1.807) is 11.3 Å². The Morgan fingerprint density at radius 2 is 1.66 bits per heavy atom. The van der Waals surface area contributed by atoms with E-state index in [9.17, 15) is 4.79 Å². The van der Waals surface area contributed by atoms with Gasteiger partial charge in [0.2, 0.25) is 0 Å². The highest BCUT2D eigenvalue weighted by molar-refractivity contribution is 7.10. The Morgan fingerprint density at radius 3 is 2.38 bits per heavy atom. The second kappa shape index (κ2) is 10.2. The van der Waals surface area contributed by atoms with Crippen molar-refractivity contribution in [3.8, 4) is 0 Å². The van der Waals surface area contributed by atoms with E-state index in [0.717, 1.165) is 19.6 Å². The van der Waals surface area contributed by atoms with Gasteiger partial charge in [-0.15, -0.1) is 11.3 Å². The molecule has 2 fully saturated rings. The Morgan fingerprint density at radius 1 is 0.931 bits per heavy atom. The van der Waals surface area contributed by atoms with Crippen LogP contribution in [0.3, 0.4) is 0 Å². The van der Waals surface area contributed by atoms with Gasteiger partial charge in [-0.25, -0.2) is 4.79 Å². The third kappa shape index (κ3) is 5.59. The van der Waals surface area contributed by atoms with E-state index in [1.165, 1.54) is 54.8 Å². The van der Waals surface area contributed by atoms with Crippen molar-refractivity contribution in [1.82, 2.24) is 20.4 Å². The Labute approximate surface area is 178 Å². The zero-order valence-electron chi connectivity index (χ0n) is 17.1. The number of urea groups is 1. The van der Waals surface area contributed by atoms with Gasteiger partial charge in [-0.3, -0.25) is 9.80 Å². The van der Waals surface area contributed by atoms with Crippen molar-refractivity contribution in [3.05, 3.63) is 57.8 Å². The Hall–Kier alpha value is -1.89. The topological polar surface area (TPSA) is 47.6 Å². The molecule has 0 aliphatic carbocycles. The van der Waals surface area contributed by atoms with Crippen LogP contribution in [0.25, 0.3) is 0 Å². The van der Waals surface area contributed by atoms with Gasteiger partial charge >= 0.3 is 6.03 Å². The number of likely N-dealkylation sites (tertiary alicyclic amines) is 2. The molecular weight excluding hydrogens is 380 g/mol. The lowest BCUT2D eigenvalue weighted by Gasteiger charge is -2.27. The van der Waals surface area contributed by atoms with Gasteiger partial charge in [0.05, 0.1) is 6.04 Å². The van der Waals surface area contributed by atoms with E-state index in [4.69, 9.17) is 0 Å². The first-order valence-corrected chi connectivity index (χ1v) is 11.8. The number of nitrogens with zero attached hydrogens (tertiary/aromatic N) is 2. The molecule has 3 heterocycles. The van der Waals surface area contributed by atoms with E-state index >= 15 is 0 Å². The summed E-state index contributed by atoms with van der Waals surface area (Å²) in [5.74, 6) is 0. The molecular formula is C23H32N4OS. The molecule has 2 aliphatic rings. The lowest BCUT2D eigenvalue weighted by atomic mass is 10.1. The number of hydrogen-bond acceptors (Lipinski definition) is 4. The molecule has 4 rings (SSSR count). The van der Waals surface area contributed by atoms with E-state index in [-0.39, 0.29) is 12.1 Å². The summed E-state index contributed by atoms with van der Waals surface area (Å²) < 4.78 is 0. The highest BCUT2D eigenvalue weighted by Crippen LogP contribution is 2.27. The minimum atomic E-state index is -0.0817. The number of rotatable bonds is 8. The lowest BCUT2D eigenvalue weighted by molar-refractivity contribution is 0.222. The third-order valence-electron chi connectivity index (χ3n) is 6.06. The molecule has 6 heteroatoms. The van der Waals surface area contributed by atoms with Gasteiger partial charge in [-0.1, -0.05) is 30.3 Å². The van der Waals surface area contributed by atoms with Crippen molar-refractivity contribution >= 4 is 17.4 Å². The fourth-order valence-electron chi connectivity index (χ4n) is 4.44. The highest BCUT2D eigenvalue weighted by Gasteiger charge is 2.24. The van der Waals surface area contributed by atoms with Gasteiger partial charge in [0.1, 0.15) is 0 Å². The molecule has 1 aromatic carbocycles. The molecule has 2 saturated heterocycles. The largest absolute Gasteiger partial charge is 0.336 e. The zero-order valence-corrected chi connectivity index (χ0v) is 17.9. The van der Waals surface area contributed by atoms with Crippen LogP contribution in [-0.4, -0.2) is 48.6 Å². The quantitative estimate of drug-likeness (QED) is 0.689. The molecule has 0 bridgehead atoms. The van der Waals surface area contributed by atoms with Gasteiger partial charge in [0, 0.05) is 24.5 Å². The third-order valence-corrected chi connectivity index (χ3v) is 7.03. The predicted molar refractivity (Wildman–Crippen MR) is 119 cm³/mol. The van der Waals surface area contributed by atoms with Crippen LogP contribution >= 0.6 is 11.3 Å². The standard InChI is InChI=1S/C23H32N4OS/c28-23(25-17-21(22-10-7-15-29-22)27-13-5-6-14-27)24-16-19-8-1-2-9-20(19)18-26-11-3-4-12-26/h1-2,7-10,15,21H,3-6,11-14,16-18H2,(H2,24,25,28). The van der Waals surface area contributed by atoms with Gasteiger partial charge in [-0.05, 0) is 74.4 Å². The van der Waals surface area contributed by atoms with Crippen LogP contribution in [0, 0.1) is 0 Å². The first kappa shape index (κ1) is 20.4. The molecule has 5 nitrogen and oxygen atoms in total. The average molecular weight is 413 g/mol. The number of benzene rings is 1. The summed E-state index contributed by atoms with van der Waals surface area (Å²) in [5.41, 5.74) is 2.53. The molecule has 29 heavy (non-hydrogen) atoms. The van der Waals surface area contributed by atoms with Crippen LogP contribution in [0.5, 0.6) is 0 Å². The SMILES string of the molecule is O=C(NCc1ccccc1CN1CCCC1)NCC(c1cccs1)N1CCCC1. The summed E-state index contributed by atoms with van der Waals surface area (Å²) in [4.78, 5) is 18.8. The first-order chi connectivity index (χ1) is 14.3. The van der Waals surface area contributed by atoms with E-state index in [0.29, 0.717) is 13.1 Å². The highest BCUT2D eigenvalue weighted by atomic mass is 32.1. The van der Waals surface area contributed by atoms with E-state index < -0.39 is 0 Å². The Kier molecular flexibility index (Phi) is 7.19. The lowest BCUT2D eigenvalue weighted by Crippen LogP contribution is -2.41. The zero-order chi connectivity index (χ0) is 19.9. The van der Waals surface area contributed by atoms with Crippen LogP contribution in [0.4, 0.5) is 4.79 Å².